The second kappa shape index (κ2) is 7.00. The fourth-order valence-electron chi connectivity index (χ4n) is 4.26. The summed E-state index contributed by atoms with van der Waals surface area (Å²) in [5, 5.41) is 3.21. The number of nitrogens with zero attached hydrogens (tertiary/aromatic N) is 1. The second-order valence-electron chi connectivity index (χ2n) is 7.65. The van der Waals surface area contributed by atoms with Gasteiger partial charge in [0.2, 0.25) is 0 Å². The molecule has 0 aromatic rings. The van der Waals surface area contributed by atoms with Crippen LogP contribution in [0.15, 0.2) is 46.3 Å². The fourth-order valence-corrected chi connectivity index (χ4v) is 4.26. The average molecular weight is 326 g/mol. The van der Waals surface area contributed by atoms with Crippen LogP contribution < -0.4 is 5.32 Å². The lowest BCUT2D eigenvalue weighted by atomic mass is 9.86. The molecule has 0 saturated carbocycles. The molecule has 3 aliphatic rings. The van der Waals surface area contributed by atoms with Gasteiger partial charge in [0.05, 0.1) is 0 Å². The number of carbonyl (C=O) groups excluding carboxylic acids is 1. The maximum atomic E-state index is 12.7. The molecule has 3 rings (SSSR count). The Balaban J connectivity index is 1.82. The monoisotopic (exact) mass is 326 g/mol. The molecule has 1 amide bonds. The van der Waals surface area contributed by atoms with Crippen molar-refractivity contribution in [2.75, 3.05) is 13.1 Å². The van der Waals surface area contributed by atoms with Gasteiger partial charge < -0.3 is 10.2 Å². The Morgan fingerprint density at radius 2 is 1.92 bits per heavy atom. The van der Waals surface area contributed by atoms with Crippen molar-refractivity contribution >= 4 is 5.91 Å². The van der Waals surface area contributed by atoms with Gasteiger partial charge in [0.25, 0.3) is 5.91 Å². The zero-order chi connectivity index (χ0) is 17.3. The van der Waals surface area contributed by atoms with Gasteiger partial charge in [-0.2, -0.15) is 0 Å². The summed E-state index contributed by atoms with van der Waals surface area (Å²) >= 11 is 0. The van der Waals surface area contributed by atoms with Gasteiger partial charge >= 0.3 is 0 Å². The molecule has 0 bridgehead atoms. The van der Waals surface area contributed by atoms with Crippen LogP contribution in [-0.4, -0.2) is 23.9 Å². The molecule has 0 radical (unpaired) electrons. The zero-order valence-corrected chi connectivity index (χ0v) is 15.5. The summed E-state index contributed by atoms with van der Waals surface area (Å²) in [6, 6.07) is 0. The minimum atomic E-state index is 0.0298. The van der Waals surface area contributed by atoms with E-state index in [2.05, 4.69) is 50.1 Å². The van der Waals surface area contributed by atoms with Crippen LogP contribution >= 0.6 is 0 Å². The summed E-state index contributed by atoms with van der Waals surface area (Å²) in [5.74, 6) is 1.10. The lowest BCUT2D eigenvalue weighted by Crippen LogP contribution is -2.33. The predicted molar refractivity (Wildman–Crippen MR) is 99.1 cm³/mol. The molecule has 1 fully saturated rings. The van der Waals surface area contributed by atoms with E-state index in [0.29, 0.717) is 11.8 Å². The van der Waals surface area contributed by atoms with Crippen LogP contribution in [0.5, 0.6) is 0 Å². The molecular formula is C21H30N2O. The van der Waals surface area contributed by atoms with Crippen LogP contribution in [0.2, 0.25) is 0 Å². The first kappa shape index (κ1) is 17.1. The molecule has 130 valence electrons. The standard InChI is InChI=1S/C21H30N2O/c1-14-7-9-18(10-8-14)21(24)22-19-15(2)13-16(3)20(17(19)4)23-11-5-6-12-23/h7,9-10,14,16H,5-6,8,11-13H2,1-4H3,(H,22,24). The van der Waals surface area contributed by atoms with E-state index in [1.165, 1.54) is 29.7 Å². The molecule has 1 saturated heterocycles. The van der Waals surface area contributed by atoms with Crippen molar-refractivity contribution < 1.29 is 4.79 Å². The van der Waals surface area contributed by atoms with Gasteiger partial charge in [-0.25, -0.2) is 0 Å². The van der Waals surface area contributed by atoms with Crippen molar-refractivity contribution in [3.8, 4) is 0 Å². The Hall–Kier alpha value is -1.77. The van der Waals surface area contributed by atoms with E-state index in [9.17, 15) is 4.79 Å². The average Bonchev–Trinajstić information content (AvgIpc) is 3.05. The maximum absolute atomic E-state index is 12.7. The van der Waals surface area contributed by atoms with Crippen LogP contribution in [0.25, 0.3) is 0 Å². The van der Waals surface area contributed by atoms with Crippen molar-refractivity contribution in [3.63, 3.8) is 0 Å². The van der Waals surface area contributed by atoms with Gasteiger partial charge in [0.1, 0.15) is 0 Å². The van der Waals surface area contributed by atoms with Gasteiger partial charge in [0.15, 0.2) is 0 Å². The van der Waals surface area contributed by atoms with Gasteiger partial charge in [-0.3, -0.25) is 4.79 Å². The highest BCUT2D eigenvalue weighted by atomic mass is 16.1. The van der Waals surface area contributed by atoms with Crippen LogP contribution in [0.4, 0.5) is 0 Å². The number of likely N-dealkylation sites (tertiary alicyclic amines) is 1. The first-order valence-electron chi connectivity index (χ1n) is 9.33. The minimum Gasteiger partial charge on any atom is -0.374 e. The van der Waals surface area contributed by atoms with E-state index in [1.54, 1.807) is 0 Å². The second-order valence-corrected chi connectivity index (χ2v) is 7.65. The molecule has 0 aromatic heterocycles. The van der Waals surface area contributed by atoms with Crippen molar-refractivity contribution in [1.82, 2.24) is 10.2 Å². The SMILES string of the molecule is CC1=C(NC(=O)C2=CCC(C)C=C2)C(C)=C(N2CCCC2)C(C)C1. The quantitative estimate of drug-likeness (QED) is 0.838. The zero-order valence-electron chi connectivity index (χ0n) is 15.5. The minimum absolute atomic E-state index is 0.0298. The number of amides is 1. The molecule has 1 N–H and O–H groups in total. The molecule has 0 aromatic carbocycles. The maximum Gasteiger partial charge on any atom is 0.255 e. The van der Waals surface area contributed by atoms with Crippen molar-refractivity contribution in [2.45, 2.75) is 53.4 Å². The molecule has 2 unspecified atom stereocenters. The topological polar surface area (TPSA) is 32.3 Å². The summed E-state index contributed by atoms with van der Waals surface area (Å²) in [5.41, 5.74) is 5.84. The first-order valence-corrected chi connectivity index (χ1v) is 9.33. The summed E-state index contributed by atoms with van der Waals surface area (Å²) < 4.78 is 0. The summed E-state index contributed by atoms with van der Waals surface area (Å²) in [6.45, 7) is 11.1. The van der Waals surface area contributed by atoms with E-state index in [0.717, 1.165) is 37.2 Å². The Morgan fingerprint density at radius 3 is 2.54 bits per heavy atom. The van der Waals surface area contributed by atoms with Crippen molar-refractivity contribution in [3.05, 3.63) is 46.3 Å². The van der Waals surface area contributed by atoms with E-state index in [4.69, 9.17) is 0 Å². The van der Waals surface area contributed by atoms with Crippen molar-refractivity contribution in [2.24, 2.45) is 11.8 Å². The van der Waals surface area contributed by atoms with Crippen molar-refractivity contribution in [1.29, 1.82) is 0 Å². The Morgan fingerprint density at radius 1 is 1.21 bits per heavy atom. The summed E-state index contributed by atoms with van der Waals surface area (Å²) in [7, 11) is 0. The number of hydrogen-bond donors (Lipinski definition) is 1. The number of nitrogens with one attached hydrogen (secondary N) is 1. The third kappa shape index (κ3) is 3.35. The lowest BCUT2D eigenvalue weighted by Gasteiger charge is -2.34. The van der Waals surface area contributed by atoms with Crippen LogP contribution in [0.3, 0.4) is 0 Å². The molecule has 3 heteroatoms. The van der Waals surface area contributed by atoms with Gasteiger partial charge in [-0.15, -0.1) is 0 Å². The molecule has 2 aliphatic carbocycles. The molecule has 1 heterocycles. The third-order valence-corrected chi connectivity index (χ3v) is 5.53. The van der Waals surface area contributed by atoms with Gasteiger partial charge in [-0.1, -0.05) is 32.1 Å². The highest BCUT2D eigenvalue weighted by Gasteiger charge is 2.29. The molecule has 0 spiro atoms. The van der Waals surface area contributed by atoms with Gasteiger partial charge in [-0.05, 0) is 56.6 Å². The number of allylic oxidation sites excluding steroid dienone is 5. The van der Waals surface area contributed by atoms with E-state index in [-0.39, 0.29) is 5.91 Å². The molecule has 3 nitrogen and oxygen atoms in total. The van der Waals surface area contributed by atoms with Crippen LogP contribution in [0.1, 0.15) is 53.4 Å². The smallest absolute Gasteiger partial charge is 0.255 e. The first-order chi connectivity index (χ1) is 11.5. The normalized spacial score (nSPS) is 27.7. The Labute approximate surface area is 146 Å². The highest BCUT2D eigenvalue weighted by molar-refractivity contribution is 5.97. The third-order valence-electron chi connectivity index (χ3n) is 5.53. The number of carbonyl (C=O) groups is 1. The van der Waals surface area contributed by atoms with Crippen LogP contribution in [-0.2, 0) is 4.79 Å². The molecular weight excluding hydrogens is 296 g/mol. The van der Waals surface area contributed by atoms with E-state index in [1.807, 2.05) is 6.08 Å². The van der Waals surface area contributed by atoms with Gasteiger partial charge in [0, 0.05) is 36.0 Å². The molecule has 24 heavy (non-hydrogen) atoms. The van der Waals surface area contributed by atoms with Crippen LogP contribution in [0, 0.1) is 11.8 Å². The number of rotatable bonds is 3. The van der Waals surface area contributed by atoms with E-state index >= 15 is 0 Å². The summed E-state index contributed by atoms with van der Waals surface area (Å²) in [4.78, 5) is 15.2. The Kier molecular flexibility index (Phi) is 4.98. The molecule has 2 atom stereocenters. The fraction of sp³-hybridized carbons (Fsp3) is 0.571. The van der Waals surface area contributed by atoms with E-state index < -0.39 is 0 Å². The Bertz CT molecular complexity index is 645. The highest BCUT2D eigenvalue weighted by Crippen LogP contribution is 2.36. The lowest BCUT2D eigenvalue weighted by molar-refractivity contribution is -0.116. The summed E-state index contributed by atoms with van der Waals surface area (Å²) in [6.07, 6.45) is 10.7. The number of hydrogen-bond acceptors (Lipinski definition) is 2. The predicted octanol–water partition coefficient (Wildman–Crippen LogP) is 4.31. The molecule has 1 aliphatic heterocycles. The largest absolute Gasteiger partial charge is 0.374 e.